The van der Waals surface area contributed by atoms with Crippen LogP contribution in [0.3, 0.4) is 0 Å². The van der Waals surface area contributed by atoms with Crippen molar-refractivity contribution >= 4 is 0 Å². The molecule has 2 rings (SSSR count). The molecular formula is C14H16N+. The molecule has 0 atom stereocenters. The molecule has 1 aromatic heterocycles. The lowest BCUT2D eigenvalue weighted by molar-refractivity contribution is -0.595. The number of rotatable bonds is 2. The van der Waals surface area contributed by atoms with Crippen molar-refractivity contribution in [2.75, 3.05) is 0 Å². The van der Waals surface area contributed by atoms with Crippen molar-refractivity contribution in [3.63, 3.8) is 0 Å². The van der Waals surface area contributed by atoms with E-state index in [-0.39, 0.29) is 0 Å². The van der Waals surface area contributed by atoms with Crippen molar-refractivity contribution in [3.8, 4) is 5.69 Å². The fraction of sp³-hybridized carbons (Fsp3) is 0.214. The molecule has 1 nitrogen and oxygen atoms in total. The number of benzene rings is 1. The van der Waals surface area contributed by atoms with Crippen LogP contribution < -0.4 is 4.57 Å². The molecule has 0 saturated carbocycles. The summed E-state index contributed by atoms with van der Waals surface area (Å²) in [4.78, 5) is 0. The van der Waals surface area contributed by atoms with Crippen molar-refractivity contribution in [1.82, 2.24) is 0 Å². The van der Waals surface area contributed by atoms with E-state index < -0.39 is 0 Å². The van der Waals surface area contributed by atoms with Crippen molar-refractivity contribution in [1.29, 1.82) is 0 Å². The van der Waals surface area contributed by atoms with Crippen LogP contribution in [0.15, 0.2) is 54.9 Å². The van der Waals surface area contributed by atoms with Crippen molar-refractivity contribution in [2.24, 2.45) is 0 Å². The Labute approximate surface area is 91.0 Å². The Bertz CT molecular complexity index is 415. The highest BCUT2D eigenvalue weighted by atomic mass is 14.9. The third-order valence-corrected chi connectivity index (χ3v) is 2.57. The van der Waals surface area contributed by atoms with Crippen LogP contribution in [-0.2, 0) is 0 Å². The van der Waals surface area contributed by atoms with Crippen LogP contribution in [0, 0.1) is 0 Å². The molecule has 0 bridgehead atoms. The van der Waals surface area contributed by atoms with E-state index in [9.17, 15) is 0 Å². The first-order valence-electron chi connectivity index (χ1n) is 5.34. The van der Waals surface area contributed by atoms with Gasteiger partial charge in [-0.3, -0.25) is 0 Å². The zero-order valence-electron chi connectivity index (χ0n) is 9.22. The van der Waals surface area contributed by atoms with Crippen LogP contribution in [0.25, 0.3) is 5.69 Å². The highest BCUT2D eigenvalue weighted by Gasteiger charge is 2.04. The molecule has 2 aromatic rings. The smallest absolute Gasteiger partial charge is 0.167 e. The number of hydrogen-bond donors (Lipinski definition) is 0. The lowest BCUT2D eigenvalue weighted by Gasteiger charge is -2.03. The van der Waals surface area contributed by atoms with E-state index in [1.54, 1.807) is 0 Å². The normalized spacial score (nSPS) is 10.6. The second-order valence-electron chi connectivity index (χ2n) is 4.03. The van der Waals surface area contributed by atoms with Gasteiger partial charge >= 0.3 is 0 Å². The summed E-state index contributed by atoms with van der Waals surface area (Å²) in [5.41, 5.74) is 2.59. The summed E-state index contributed by atoms with van der Waals surface area (Å²) < 4.78 is 2.12. The van der Waals surface area contributed by atoms with Gasteiger partial charge in [-0.05, 0) is 11.5 Å². The molecule has 0 aliphatic heterocycles. The van der Waals surface area contributed by atoms with Gasteiger partial charge in [-0.2, -0.15) is 4.57 Å². The second kappa shape index (κ2) is 4.26. The Morgan fingerprint density at radius 3 is 2.00 bits per heavy atom. The van der Waals surface area contributed by atoms with Crippen molar-refractivity contribution < 1.29 is 4.57 Å². The quantitative estimate of drug-likeness (QED) is 0.653. The van der Waals surface area contributed by atoms with Crippen LogP contribution in [0.2, 0.25) is 0 Å². The summed E-state index contributed by atoms with van der Waals surface area (Å²) in [5.74, 6) is 0.597. The third-order valence-electron chi connectivity index (χ3n) is 2.57. The summed E-state index contributed by atoms with van der Waals surface area (Å²) in [6, 6.07) is 14.8. The van der Waals surface area contributed by atoms with Crippen molar-refractivity contribution in [3.05, 3.63) is 60.4 Å². The van der Waals surface area contributed by atoms with E-state index in [1.165, 1.54) is 11.3 Å². The number of aromatic nitrogens is 1. The maximum absolute atomic E-state index is 2.21. The highest BCUT2D eigenvalue weighted by Crippen LogP contribution is 2.14. The summed E-state index contributed by atoms with van der Waals surface area (Å²) in [6.45, 7) is 4.43. The van der Waals surface area contributed by atoms with E-state index in [2.05, 4.69) is 55.1 Å². The van der Waals surface area contributed by atoms with E-state index in [1.807, 2.05) is 18.2 Å². The molecule has 0 N–H and O–H groups in total. The summed E-state index contributed by atoms with van der Waals surface area (Å²) in [6.07, 6.45) is 4.12. The molecule has 0 radical (unpaired) electrons. The SMILES string of the molecule is CC(C)c1ccc(-[n+]2ccccc2)cc1. The van der Waals surface area contributed by atoms with Crippen LogP contribution >= 0.6 is 0 Å². The minimum atomic E-state index is 0.597. The largest absolute Gasteiger partial charge is 0.210 e. The van der Waals surface area contributed by atoms with Gasteiger partial charge in [0.1, 0.15) is 0 Å². The highest BCUT2D eigenvalue weighted by molar-refractivity contribution is 5.29. The van der Waals surface area contributed by atoms with Crippen LogP contribution in [0.5, 0.6) is 0 Å². The van der Waals surface area contributed by atoms with Crippen LogP contribution in [0.4, 0.5) is 0 Å². The molecule has 0 amide bonds. The van der Waals surface area contributed by atoms with Crippen LogP contribution in [0.1, 0.15) is 25.3 Å². The van der Waals surface area contributed by atoms with Gasteiger partial charge in [-0.25, -0.2) is 0 Å². The first-order chi connectivity index (χ1) is 7.27. The molecule has 76 valence electrons. The van der Waals surface area contributed by atoms with Gasteiger partial charge in [0.2, 0.25) is 5.69 Å². The van der Waals surface area contributed by atoms with Gasteiger partial charge in [0, 0.05) is 24.3 Å². The molecule has 0 aliphatic rings. The van der Waals surface area contributed by atoms with Gasteiger partial charge in [0.15, 0.2) is 12.4 Å². The molecule has 0 spiro atoms. The Hall–Kier alpha value is -1.63. The minimum Gasteiger partial charge on any atom is -0.167 e. The first-order valence-corrected chi connectivity index (χ1v) is 5.34. The number of pyridine rings is 1. The van der Waals surface area contributed by atoms with Gasteiger partial charge in [0.05, 0.1) is 0 Å². The zero-order valence-corrected chi connectivity index (χ0v) is 9.22. The third kappa shape index (κ3) is 2.24. The summed E-state index contributed by atoms with van der Waals surface area (Å²) in [7, 11) is 0. The van der Waals surface area contributed by atoms with Gasteiger partial charge in [0.25, 0.3) is 0 Å². The predicted molar refractivity (Wildman–Crippen MR) is 62.1 cm³/mol. The maximum atomic E-state index is 2.21. The zero-order chi connectivity index (χ0) is 10.7. The summed E-state index contributed by atoms with van der Waals surface area (Å²) in [5, 5.41) is 0. The molecule has 15 heavy (non-hydrogen) atoms. The number of hydrogen-bond acceptors (Lipinski definition) is 0. The maximum Gasteiger partial charge on any atom is 0.210 e. The van der Waals surface area contributed by atoms with Crippen molar-refractivity contribution in [2.45, 2.75) is 19.8 Å². The van der Waals surface area contributed by atoms with Crippen LogP contribution in [-0.4, -0.2) is 0 Å². The molecule has 1 aromatic carbocycles. The Morgan fingerprint density at radius 1 is 0.867 bits per heavy atom. The second-order valence-corrected chi connectivity index (χ2v) is 4.03. The standard InChI is InChI=1S/C14H16N/c1-12(2)13-6-8-14(9-7-13)15-10-4-3-5-11-15/h3-12H,1-2H3/q+1. The Morgan fingerprint density at radius 2 is 1.47 bits per heavy atom. The molecular weight excluding hydrogens is 182 g/mol. The lowest BCUT2D eigenvalue weighted by atomic mass is 10.0. The fourth-order valence-electron chi connectivity index (χ4n) is 1.60. The summed E-state index contributed by atoms with van der Waals surface area (Å²) >= 11 is 0. The fourth-order valence-corrected chi connectivity index (χ4v) is 1.60. The van der Waals surface area contributed by atoms with E-state index in [0.717, 1.165) is 0 Å². The lowest BCUT2D eigenvalue weighted by Crippen LogP contribution is -2.28. The molecule has 0 aliphatic carbocycles. The monoisotopic (exact) mass is 198 g/mol. The minimum absolute atomic E-state index is 0.597. The average Bonchev–Trinajstić information content (AvgIpc) is 2.30. The molecule has 1 heteroatoms. The number of nitrogens with zero attached hydrogens (tertiary/aromatic N) is 1. The van der Waals surface area contributed by atoms with Gasteiger partial charge in [-0.1, -0.05) is 32.0 Å². The van der Waals surface area contributed by atoms with E-state index >= 15 is 0 Å². The topological polar surface area (TPSA) is 3.88 Å². The van der Waals surface area contributed by atoms with Gasteiger partial charge in [-0.15, -0.1) is 0 Å². The van der Waals surface area contributed by atoms with E-state index in [0.29, 0.717) is 5.92 Å². The Kier molecular flexibility index (Phi) is 2.82. The first kappa shape index (κ1) is 9.91. The molecule has 0 fully saturated rings. The molecule has 0 saturated heterocycles. The predicted octanol–water partition coefficient (Wildman–Crippen LogP) is 3.09. The van der Waals surface area contributed by atoms with Gasteiger partial charge < -0.3 is 0 Å². The average molecular weight is 198 g/mol. The molecule has 0 unspecified atom stereocenters. The molecule has 1 heterocycles. The van der Waals surface area contributed by atoms with E-state index in [4.69, 9.17) is 0 Å². The Balaban J connectivity index is 2.32.